The number of rotatable bonds is 5. The minimum Gasteiger partial charge on any atom is -0.381 e. The van der Waals surface area contributed by atoms with Crippen LogP contribution in [0.5, 0.6) is 0 Å². The van der Waals surface area contributed by atoms with Gasteiger partial charge in [-0.1, -0.05) is 18.2 Å². The van der Waals surface area contributed by atoms with Gasteiger partial charge in [-0.15, -0.1) is 0 Å². The van der Waals surface area contributed by atoms with Crippen LogP contribution in [0.1, 0.15) is 68.2 Å². The number of ether oxygens (including phenoxy) is 1. The van der Waals surface area contributed by atoms with Gasteiger partial charge in [0.2, 0.25) is 5.91 Å². The molecule has 3 heteroatoms. The molecule has 1 aliphatic carbocycles. The van der Waals surface area contributed by atoms with Crippen molar-refractivity contribution in [3.63, 3.8) is 0 Å². The fourth-order valence-electron chi connectivity index (χ4n) is 3.79. The van der Waals surface area contributed by atoms with Crippen molar-refractivity contribution in [1.29, 1.82) is 0 Å². The molecule has 1 amide bonds. The summed E-state index contributed by atoms with van der Waals surface area (Å²) >= 11 is 0. The van der Waals surface area contributed by atoms with Crippen LogP contribution in [0.3, 0.4) is 0 Å². The number of aryl methyl sites for hydroxylation is 2. The monoisotopic (exact) mass is 315 g/mol. The average Bonchev–Trinajstić information content (AvgIpc) is 2.60. The zero-order valence-electron chi connectivity index (χ0n) is 14.3. The van der Waals surface area contributed by atoms with Crippen molar-refractivity contribution in [2.45, 2.75) is 64.3 Å². The molecule has 0 radical (unpaired) electrons. The van der Waals surface area contributed by atoms with E-state index in [1.807, 2.05) is 0 Å². The van der Waals surface area contributed by atoms with Gasteiger partial charge in [-0.3, -0.25) is 4.79 Å². The van der Waals surface area contributed by atoms with Gasteiger partial charge in [0.25, 0.3) is 0 Å². The molecule has 1 aromatic rings. The topological polar surface area (TPSA) is 38.3 Å². The summed E-state index contributed by atoms with van der Waals surface area (Å²) in [5, 5.41) is 3.17. The van der Waals surface area contributed by atoms with Gasteiger partial charge in [0.05, 0.1) is 6.04 Å². The quantitative estimate of drug-likeness (QED) is 0.893. The fraction of sp³-hybridized carbons (Fsp3) is 0.650. The Morgan fingerprint density at radius 1 is 1.22 bits per heavy atom. The van der Waals surface area contributed by atoms with Gasteiger partial charge < -0.3 is 10.1 Å². The molecule has 1 atom stereocenters. The van der Waals surface area contributed by atoms with Crippen molar-refractivity contribution in [1.82, 2.24) is 5.32 Å². The molecule has 1 unspecified atom stereocenters. The molecule has 0 aromatic heterocycles. The molecule has 2 aliphatic rings. The molecule has 0 bridgehead atoms. The normalized spacial score (nSPS) is 19.9. The predicted molar refractivity (Wildman–Crippen MR) is 92.4 cm³/mol. The Balaban J connectivity index is 1.49. The van der Waals surface area contributed by atoms with Crippen LogP contribution in [0.2, 0.25) is 0 Å². The van der Waals surface area contributed by atoms with E-state index in [0.717, 1.165) is 32.5 Å². The third-order valence-corrected chi connectivity index (χ3v) is 5.37. The van der Waals surface area contributed by atoms with Gasteiger partial charge in [-0.25, -0.2) is 0 Å². The number of carbonyl (C=O) groups excluding carboxylic acids is 1. The zero-order chi connectivity index (χ0) is 16.1. The van der Waals surface area contributed by atoms with E-state index in [-0.39, 0.29) is 11.9 Å². The summed E-state index contributed by atoms with van der Waals surface area (Å²) in [5.74, 6) is 0.843. The van der Waals surface area contributed by atoms with Gasteiger partial charge in [-0.05, 0) is 74.5 Å². The standard InChI is InChI=1S/C20H29NO2/c1-15(18-8-7-17-4-2-3-5-19(17)14-18)21-20(22)9-6-16-10-12-23-13-11-16/h7-8,14-16H,2-6,9-13H2,1H3,(H,21,22). The Labute approximate surface area is 139 Å². The molecule has 3 rings (SSSR count). The first-order valence-electron chi connectivity index (χ1n) is 9.21. The SMILES string of the molecule is CC(NC(=O)CCC1CCOCC1)c1ccc2c(c1)CCCC2. The maximum Gasteiger partial charge on any atom is 0.220 e. The molecule has 126 valence electrons. The maximum atomic E-state index is 12.2. The minimum absolute atomic E-state index is 0.101. The lowest BCUT2D eigenvalue weighted by molar-refractivity contribution is -0.122. The first-order valence-corrected chi connectivity index (χ1v) is 9.21. The lowest BCUT2D eigenvalue weighted by Gasteiger charge is -2.22. The van der Waals surface area contributed by atoms with Crippen LogP contribution in [-0.2, 0) is 22.4 Å². The molecule has 1 aromatic carbocycles. The van der Waals surface area contributed by atoms with Crippen molar-refractivity contribution in [2.24, 2.45) is 5.92 Å². The van der Waals surface area contributed by atoms with E-state index >= 15 is 0 Å². The maximum absolute atomic E-state index is 12.2. The van der Waals surface area contributed by atoms with Crippen molar-refractivity contribution in [3.8, 4) is 0 Å². The summed E-state index contributed by atoms with van der Waals surface area (Å²) in [6.45, 7) is 3.81. The smallest absolute Gasteiger partial charge is 0.220 e. The number of hydrogen-bond donors (Lipinski definition) is 1. The Bertz CT molecular complexity index is 534. The van der Waals surface area contributed by atoms with E-state index in [2.05, 4.69) is 30.4 Å². The summed E-state index contributed by atoms with van der Waals surface area (Å²) in [6.07, 6.45) is 8.84. The van der Waals surface area contributed by atoms with Crippen molar-refractivity contribution in [2.75, 3.05) is 13.2 Å². The fourth-order valence-corrected chi connectivity index (χ4v) is 3.79. The Kier molecular flexibility index (Phi) is 5.71. The third kappa shape index (κ3) is 4.57. The highest BCUT2D eigenvalue weighted by Gasteiger charge is 2.17. The second-order valence-corrected chi connectivity index (χ2v) is 7.12. The van der Waals surface area contributed by atoms with E-state index in [1.165, 1.54) is 42.4 Å². The van der Waals surface area contributed by atoms with Crippen LogP contribution in [-0.4, -0.2) is 19.1 Å². The van der Waals surface area contributed by atoms with E-state index < -0.39 is 0 Å². The molecular formula is C20H29NO2. The van der Waals surface area contributed by atoms with E-state index in [9.17, 15) is 4.79 Å². The molecule has 1 N–H and O–H groups in total. The second kappa shape index (κ2) is 7.96. The first kappa shape index (κ1) is 16.5. The highest BCUT2D eigenvalue weighted by molar-refractivity contribution is 5.76. The van der Waals surface area contributed by atoms with Crippen LogP contribution in [0, 0.1) is 5.92 Å². The third-order valence-electron chi connectivity index (χ3n) is 5.37. The number of fused-ring (bicyclic) bond motifs is 1. The molecular weight excluding hydrogens is 286 g/mol. The molecule has 0 saturated carbocycles. The molecule has 1 aliphatic heterocycles. The Morgan fingerprint density at radius 3 is 2.74 bits per heavy atom. The van der Waals surface area contributed by atoms with Crippen LogP contribution >= 0.6 is 0 Å². The Hall–Kier alpha value is -1.35. The molecule has 3 nitrogen and oxygen atoms in total. The molecule has 1 saturated heterocycles. The van der Waals surface area contributed by atoms with Crippen molar-refractivity contribution < 1.29 is 9.53 Å². The first-order chi connectivity index (χ1) is 11.2. The lowest BCUT2D eigenvalue weighted by Crippen LogP contribution is -2.27. The molecule has 1 heterocycles. The van der Waals surface area contributed by atoms with Gasteiger partial charge in [0, 0.05) is 19.6 Å². The van der Waals surface area contributed by atoms with E-state index in [1.54, 1.807) is 0 Å². The number of hydrogen-bond acceptors (Lipinski definition) is 2. The predicted octanol–water partition coefficient (Wildman–Crippen LogP) is 3.95. The summed E-state index contributed by atoms with van der Waals surface area (Å²) in [7, 11) is 0. The van der Waals surface area contributed by atoms with Gasteiger partial charge in [-0.2, -0.15) is 0 Å². The second-order valence-electron chi connectivity index (χ2n) is 7.12. The Morgan fingerprint density at radius 2 is 1.96 bits per heavy atom. The number of amides is 1. The van der Waals surface area contributed by atoms with Crippen molar-refractivity contribution in [3.05, 3.63) is 34.9 Å². The van der Waals surface area contributed by atoms with Crippen molar-refractivity contribution >= 4 is 5.91 Å². The lowest BCUT2D eigenvalue weighted by atomic mass is 9.89. The van der Waals surface area contributed by atoms with Crippen LogP contribution in [0.25, 0.3) is 0 Å². The van der Waals surface area contributed by atoms with Gasteiger partial charge >= 0.3 is 0 Å². The van der Waals surface area contributed by atoms with Crippen LogP contribution < -0.4 is 5.32 Å². The highest BCUT2D eigenvalue weighted by Crippen LogP contribution is 2.25. The van der Waals surface area contributed by atoms with E-state index in [4.69, 9.17) is 4.74 Å². The largest absolute Gasteiger partial charge is 0.381 e. The molecule has 23 heavy (non-hydrogen) atoms. The van der Waals surface area contributed by atoms with Crippen LogP contribution in [0.15, 0.2) is 18.2 Å². The summed E-state index contributed by atoms with van der Waals surface area (Å²) in [6, 6.07) is 6.85. The highest BCUT2D eigenvalue weighted by atomic mass is 16.5. The zero-order valence-corrected chi connectivity index (χ0v) is 14.3. The number of nitrogens with one attached hydrogen (secondary N) is 1. The number of benzene rings is 1. The summed E-state index contributed by atoms with van der Waals surface area (Å²) < 4.78 is 5.37. The summed E-state index contributed by atoms with van der Waals surface area (Å²) in [4.78, 5) is 12.2. The molecule has 0 spiro atoms. The number of carbonyl (C=O) groups is 1. The minimum atomic E-state index is 0.101. The van der Waals surface area contributed by atoms with Gasteiger partial charge in [0.1, 0.15) is 0 Å². The summed E-state index contributed by atoms with van der Waals surface area (Å²) in [5.41, 5.74) is 4.22. The molecule has 1 fully saturated rings. The van der Waals surface area contributed by atoms with Crippen LogP contribution in [0.4, 0.5) is 0 Å². The van der Waals surface area contributed by atoms with E-state index in [0.29, 0.717) is 12.3 Å². The average molecular weight is 315 g/mol. The van der Waals surface area contributed by atoms with Gasteiger partial charge in [0.15, 0.2) is 0 Å².